The van der Waals surface area contributed by atoms with Gasteiger partial charge in [-0.1, -0.05) is 6.92 Å². The summed E-state index contributed by atoms with van der Waals surface area (Å²) in [6.45, 7) is 9.32. The zero-order valence-electron chi connectivity index (χ0n) is 11.9. The Hall–Kier alpha value is 0.0600. The second kappa shape index (κ2) is 9.08. The molecule has 0 aromatic carbocycles. The van der Waals surface area contributed by atoms with Crippen molar-refractivity contribution in [1.82, 2.24) is 4.90 Å². The molecule has 5 heteroatoms. The maximum atomic E-state index is 10.0. The molecule has 1 heterocycles. The van der Waals surface area contributed by atoms with Gasteiger partial charge in [0.1, 0.15) is 0 Å². The van der Waals surface area contributed by atoms with E-state index in [9.17, 15) is 5.11 Å². The van der Waals surface area contributed by atoms with Gasteiger partial charge in [0.15, 0.2) is 0 Å². The van der Waals surface area contributed by atoms with Crippen molar-refractivity contribution in [2.24, 2.45) is 0 Å². The van der Waals surface area contributed by atoms with Gasteiger partial charge in [0.25, 0.3) is 0 Å². The van der Waals surface area contributed by atoms with E-state index in [-0.39, 0.29) is 12.2 Å². The third kappa shape index (κ3) is 7.42. The number of halogens is 1. The highest BCUT2D eigenvalue weighted by Crippen LogP contribution is 2.23. The Bertz CT molecular complexity index is 357. The van der Waals surface area contributed by atoms with Crippen molar-refractivity contribution < 1.29 is 9.84 Å². The molecule has 0 fully saturated rings. The molecule has 1 N–H and O–H groups in total. The maximum absolute atomic E-state index is 10.0. The van der Waals surface area contributed by atoms with Crippen LogP contribution in [0.1, 0.15) is 32.1 Å². The molecule has 0 radical (unpaired) electrons. The van der Waals surface area contributed by atoms with Gasteiger partial charge in [0.2, 0.25) is 0 Å². The zero-order valence-corrected chi connectivity index (χ0v) is 14.3. The largest absolute Gasteiger partial charge is 0.392 e. The van der Waals surface area contributed by atoms with Crippen molar-refractivity contribution in [3.63, 3.8) is 0 Å². The second-order valence-corrected chi connectivity index (χ2v) is 7.44. The minimum Gasteiger partial charge on any atom is -0.392 e. The molecule has 0 aliphatic carbocycles. The van der Waals surface area contributed by atoms with Crippen molar-refractivity contribution >= 4 is 27.3 Å². The Kier molecular flexibility index (Phi) is 8.18. The van der Waals surface area contributed by atoms with E-state index in [1.165, 1.54) is 4.88 Å². The monoisotopic (exact) mass is 349 g/mol. The molecule has 0 aliphatic heterocycles. The molecule has 0 bridgehead atoms. The van der Waals surface area contributed by atoms with Gasteiger partial charge in [0.05, 0.1) is 16.0 Å². The van der Waals surface area contributed by atoms with Gasteiger partial charge in [-0.3, -0.25) is 4.90 Å². The summed E-state index contributed by atoms with van der Waals surface area (Å²) in [4.78, 5) is 3.58. The first kappa shape index (κ1) is 17.1. The van der Waals surface area contributed by atoms with Crippen molar-refractivity contribution in [3.8, 4) is 0 Å². The number of rotatable bonds is 9. The van der Waals surface area contributed by atoms with Crippen LogP contribution in [0.5, 0.6) is 0 Å². The van der Waals surface area contributed by atoms with Gasteiger partial charge in [-0.05, 0) is 54.9 Å². The lowest BCUT2D eigenvalue weighted by molar-refractivity contribution is 0.0343. The Labute approximate surface area is 128 Å². The Morgan fingerprint density at radius 1 is 1.42 bits per heavy atom. The maximum Gasteiger partial charge on any atom is 0.0701 e. The fraction of sp³-hybridized carbons (Fsp3) is 0.714. The summed E-state index contributed by atoms with van der Waals surface area (Å²) < 4.78 is 6.62. The van der Waals surface area contributed by atoms with Gasteiger partial charge in [-0.15, -0.1) is 11.3 Å². The molecule has 3 nitrogen and oxygen atoms in total. The molecule has 110 valence electrons. The Morgan fingerprint density at radius 3 is 2.68 bits per heavy atom. The summed E-state index contributed by atoms with van der Waals surface area (Å²) >= 11 is 5.23. The smallest absolute Gasteiger partial charge is 0.0701 e. The fourth-order valence-corrected chi connectivity index (χ4v) is 3.32. The van der Waals surface area contributed by atoms with Gasteiger partial charge < -0.3 is 9.84 Å². The summed E-state index contributed by atoms with van der Waals surface area (Å²) in [5.74, 6) is 0. The molecule has 0 aliphatic rings. The first-order valence-corrected chi connectivity index (χ1v) is 8.38. The highest BCUT2D eigenvalue weighted by atomic mass is 79.9. The van der Waals surface area contributed by atoms with E-state index in [0.29, 0.717) is 19.6 Å². The van der Waals surface area contributed by atoms with Gasteiger partial charge in [-0.2, -0.15) is 0 Å². The molecule has 1 atom stereocenters. The summed E-state index contributed by atoms with van der Waals surface area (Å²) in [7, 11) is 0. The molecule has 0 saturated heterocycles. The molecule has 0 unspecified atom stereocenters. The molecule has 1 rings (SSSR count). The van der Waals surface area contributed by atoms with Crippen LogP contribution >= 0.6 is 27.3 Å². The number of thiophene rings is 1. The van der Waals surface area contributed by atoms with Gasteiger partial charge in [-0.25, -0.2) is 0 Å². The number of aliphatic hydroxyl groups excluding tert-OH is 1. The normalized spacial score (nSPS) is 13.4. The molecular formula is C14H24BrNO2S. The van der Waals surface area contributed by atoms with E-state index in [1.54, 1.807) is 11.3 Å². The predicted octanol–water partition coefficient (Wildman–Crippen LogP) is 3.51. The van der Waals surface area contributed by atoms with E-state index in [1.807, 2.05) is 13.8 Å². The van der Waals surface area contributed by atoms with Crippen molar-refractivity contribution in [2.45, 2.75) is 45.9 Å². The fourth-order valence-electron chi connectivity index (χ4n) is 1.79. The van der Waals surface area contributed by atoms with Crippen LogP contribution in [0.3, 0.4) is 0 Å². The van der Waals surface area contributed by atoms with E-state index in [2.05, 4.69) is 39.9 Å². The number of ether oxygens (including phenoxy) is 1. The molecule has 0 spiro atoms. The standard InChI is InChI=1S/C14H24BrNO2S/c1-4-16(10-13-5-6-14(15)19-13)9-12(17)7-8-18-11(2)3/h5-6,11-12,17H,4,7-10H2,1-3H3/t12-/m1/s1. The Balaban J connectivity index is 2.30. The number of nitrogens with zero attached hydrogens (tertiary/aromatic N) is 1. The van der Waals surface area contributed by atoms with E-state index < -0.39 is 0 Å². The van der Waals surface area contributed by atoms with Crippen LogP contribution in [0, 0.1) is 0 Å². The van der Waals surface area contributed by atoms with Crippen molar-refractivity contribution in [3.05, 3.63) is 20.8 Å². The van der Waals surface area contributed by atoms with E-state index in [0.717, 1.165) is 16.9 Å². The summed E-state index contributed by atoms with van der Waals surface area (Å²) in [6.07, 6.45) is 0.614. The average Bonchev–Trinajstić information content (AvgIpc) is 2.73. The van der Waals surface area contributed by atoms with Crippen LogP contribution in [0.25, 0.3) is 0 Å². The first-order valence-electron chi connectivity index (χ1n) is 6.77. The lowest BCUT2D eigenvalue weighted by atomic mass is 10.2. The van der Waals surface area contributed by atoms with Crippen LogP contribution in [0.2, 0.25) is 0 Å². The highest BCUT2D eigenvalue weighted by Gasteiger charge is 2.12. The van der Waals surface area contributed by atoms with Crippen LogP contribution < -0.4 is 0 Å². The molecular weight excluding hydrogens is 326 g/mol. The summed E-state index contributed by atoms with van der Waals surface area (Å²) in [5, 5.41) is 10.0. The first-order chi connectivity index (χ1) is 9.01. The molecule has 19 heavy (non-hydrogen) atoms. The topological polar surface area (TPSA) is 32.7 Å². The van der Waals surface area contributed by atoms with Gasteiger partial charge in [0, 0.05) is 24.6 Å². The van der Waals surface area contributed by atoms with Crippen molar-refractivity contribution in [2.75, 3.05) is 19.7 Å². The molecule has 1 aromatic rings. The van der Waals surface area contributed by atoms with Crippen LogP contribution in [0.4, 0.5) is 0 Å². The minimum atomic E-state index is -0.317. The van der Waals surface area contributed by atoms with E-state index >= 15 is 0 Å². The van der Waals surface area contributed by atoms with E-state index in [4.69, 9.17) is 4.74 Å². The second-order valence-electron chi connectivity index (χ2n) is 4.90. The third-order valence-corrected chi connectivity index (χ3v) is 4.44. The van der Waals surface area contributed by atoms with Crippen molar-refractivity contribution in [1.29, 1.82) is 0 Å². The number of likely N-dealkylation sites (N-methyl/N-ethyl adjacent to an activating group) is 1. The highest BCUT2D eigenvalue weighted by molar-refractivity contribution is 9.11. The molecule has 1 aromatic heterocycles. The van der Waals surface area contributed by atoms with Crippen LogP contribution in [0.15, 0.2) is 15.9 Å². The van der Waals surface area contributed by atoms with Gasteiger partial charge >= 0.3 is 0 Å². The summed E-state index contributed by atoms with van der Waals surface area (Å²) in [6, 6.07) is 4.20. The van der Waals surface area contributed by atoms with Crippen LogP contribution in [-0.2, 0) is 11.3 Å². The number of aliphatic hydroxyl groups is 1. The zero-order chi connectivity index (χ0) is 14.3. The quantitative estimate of drug-likeness (QED) is 0.740. The molecule has 0 amide bonds. The summed E-state index contributed by atoms with van der Waals surface area (Å²) in [5.41, 5.74) is 0. The van der Waals surface area contributed by atoms with Crippen LogP contribution in [-0.4, -0.2) is 41.9 Å². The number of hydrogen-bond donors (Lipinski definition) is 1. The minimum absolute atomic E-state index is 0.234. The Morgan fingerprint density at radius 2 is 2.16 bits per heavy atom. The third-order valence-electron chi connectivity index (χ3n) is 2.83. The lowest BCUT2D eigenvalue weighted by Crippen LogP contribution is -2.32. The predicted molar refractivity (Wildman–Crippen MR) is 84.7 cm³/mol. The lowest BCUT2D eigenvalue weighted by Gasteiger charge is -2.23. The SMILES string of the molecule is CCN(Cc1ccc(Br)s1)C[C@H](O)CCOC(C)C. The average molecular weight is 350 g/mol. The number of hydrogen-bond acceptors (Lipinski definition) is 4. The molecule has 0 saturated carbocycles.